The predicted octanol–water partition coefficient (Wildman–Crippen LogP) is 6.07. The van der Waals surface area contributed by atoms with Crippen molar-refractivity contribution in [3.05, 3.63) is 58.9 Å². The summed E-state index contributed by atoms with van der Waals surface area (Å²) < 4.78 is 6.13. The number of aromatic nitrogens is 2. The van der Waals surface area contributed by atoms with Crippen molar-refractivity contribution in [2.75, 3.05) is 24.3 Å². The number of benzene rings is 1. The largest absolute Gasteiger partial charge is 0.458 e. The Hall–Kier alpha value is -3.79. The van der Waals surface area contributed by atoms with Gasteiger partial charge in [-0.25, -0.2) is 14.4 Å². The Kier molecular flexibility index (Phi) is 8.98. The molecule has 1 atom stereocenters. The zero-order valence-electron chi connectivity index (χ0n) is 25.2. The first kappa shape index (κ1) is 30.2. The summed E-state index contributed by atoms with van der Waals surface area (Å²) in [4.78, 5) is 43.8. The molecule has 0 radical (unpaired) electrons. The van der Waals surface area contributed by atoms with Crippen molar-refractivity contribution < 1.29 is 19.1 Å². The van der Waals surface area contributed by atoms with Crippen molar-refractivity contribution in [3.63, 3.8) is 0 Å². The van der Waals surface area contributed by atoms with E-state index in [1.807, 2.05) is 42.2 Å². The number of likely N-dealkylation sites (tertiary alicyclic amines) is 1. The highest BCUT2D eigenvalue weighted by atomic mass is 35.5. The van der Waals surface area contributed by atoms with Gasteiger partial charge >= 0.3 is 18.0 Å². The number of carbonyl (C=O) groups excluding carboxylic acids is 3. The summed E-state index contributed by atoms with van der Waals surface area (Å²) in [6.45, 7) is 3.54. The van der Waals surface area contributed by atoms with Gasteiger partial charge in [0.25, 0.3) is 0 Å². The molecule has 0 spiro atoms. The van der Waals surface area contributed by atoms with Gasteiger partial charge in [0.05, 0.1) is 11.9 Å². The molecule has 44 heavy (non-hydrogen) atoms. The summed E-state index contributed by atoms with van der Waals surface area (Å²) in [5.74, 6) is -0.0567. The molecule has 234 valence electrons. The number of amides is 4. The Morgan fingerprint density at radius 3 is 2.73 bits per heavy atom. The number of allylic oxidation sites excluding steroid dienone is 2. The van der Waals surface area contributed by atoms with Crippen LogP contribution >= 0.6 is 11.6 Å². The number of H-pyrrole nitrogens is 1. The van der Waals surface area contributed by atoms with Crippen molar-refractivity contribution in [3.8, 4) is 0 Å². The lowest BCUT2D eigenvalue weighted by Gasteiger charge is -2.41. The Bertz CT molecular complexity index is 1450. The van der Waals surface area contributed by atoms with E-state index in [0.29, 0.717) is 51.2 Å². The Labute approximate surface area is 263 Å². The van der Waals surface area contributed by atoms with E-state index in [4.69, 9.17) is 16.3 Å². The SMILES string of the molecule is CC1(OC(=O)C(CC2=Cc3cn[nH]c3C(CCl)=CC2)NC(=O)N2CCC(N3Cc4ccccc4NC3=O)CC2)CCCCC1. The molecule has 6 rings (SSSR count). The van der Waals surface area contributed by atoms with Crippen LogP contribution in [0, 0.1) is 0 Å². The molecule has 1 unspecified atom stereocenters. The molecule has 2 aromatic rings. The second kappa shape index (κ2) is 13.1. The maximum Gasteiger partial charge on any atom is 0.329 e. The molecule has 1 aromatic carbocycles. The van der Waals surface area contributed by atoms with Crippen LogP contribution in [0.1, 0.15) is 81.5 Å². The third-order valence-corrected chi connectivity index (χ3v) is 9.75. The number of carbonyl (C=O) groups is 3. The van der Waals surface area contributed by atoms with Crippen LogP contribution in [0.25, 0.3) is 11.6 Å². The highest BCUT2D eigenvalue weighted by Crippen LogP contribution is 2.33. The van der Waals surface area contributed by atoms with Gasteiger partial charge in [-0.1, -0.05) is 42.3 Å². The maximum atomic E-state index is 13.7. The number of rotatable bonds is 7. The van der Waals surface area contributed by atoms with Crippen LogP contribution in [0.5, 0.6) is 0 Å². The van der Waals surface area contributed by atoms with Gasteiger partial charge in [-0.2, -0.15) is 5.10 Å². The van der Waals surface area contributed by atoms with E-state index in [2.05, 4.69) is 26.9 Å². The smallest absolute Gasteiger partial charge is 0.329 e. The monoisotopic (exact) mass is 620 g/mol. The van der Waals surface area contributed by atoms with Gasteiger partial charge in [0.15, 0.2) is 0 Å². The average molecular weight is 621 g/mol. The van der Waals surface area contributed by atoms with Crippen LogP contribution in [0.2, 0.25) is 0 Å². The first-order valence-corrected chi connectivity index (χ1v) is 16.3. The van der Waals surface area contributed by atoms with E-state index < -0.39 is 17.6 Å². The lowest BCUT2D eigenvalue weighted by molar-refractivity contribution is -0.163. The standard InChI is InChI=1S/C33H41ClN6O4/c1-33(13-5-2-6-14-33)44-30(41)28(18-22-9-10-23(19-34)29-25(17-22)20-35-38-29)37-31(42)39-15-11-26(12-16-39)40-21-24-7-3-4-8-27(24)36-32(40)43/h3-4,7-8,10,17,20,26,28H,2,5-6,9,11-16,18-19,21H2,1H3,(H,35,38)(H,36,43)(H,37,42). The molecule has 1 saturated carbocycles. The van der Waals surface area contributed by atoms with Crippen LogP contribution in [0.15, 0.2) is 42.1 Å². The number of fused-ring (bicyclic) bond motifs is 2. The fourth-order valence-corrected chi connectivity index (χ4v) is 7.11. The molecule has 2 fully saturated rings. The Balaban J connectivity index is 1.13. The molecule has 3 heterocycles. The lowest BCUT2D eigenvalue weighted by atomic mass is 9.86. The molecule has 2 aliphatic carbocycles. The van der Waals surface area contributed by atoms with Gasteiger partial charge in [0.2, 0.25) is 0 Å². The third kappa shape index (κ3) is 6.65. The second-order valence-electron chi connectivity index (χ2n) is 12.6. The molecule has 10 nitrogen and oxygen atoms in total. The topological polar surface area (TPSA) is 120 Å². The number of nitrogens with zero attached hydrogens (tertiary/aromatic N) is 3. The number of hydrogen-bond donors (Lipinski definition) is 3. The molecular formula is C33H41ClN6O4. The summed E-state index contributed by atoms with van der Waals surface area (Å²) in [5.41, 5.74) is 5.15. The number of anilines is 1. The summed E-state index contributed by atoms with van der Waals surface area (Å²) in [5, 5.41) is 13.2. The average Bonchev–Trinajstić information content (AvgIpc) is 3.41. The van der Waals surface area contributed by atoms with Gasteiger partial charge in [-0.3, -0.25) is 5.10 Å². The Morgan fingerprint density at radius 1 is 1.18 bits per heavy atom. The zero-order valence-corrected chi connectivity index (χ0v) is 26.0. The fourth-order valence-electron chi connectivity index (χ4n) is 6.87. The van der Waals surface area contributed by atoms with Crippen molar-refractivity contribution in [1.29, 1.82) is 0 Å². The van der Waals surface area contributed by atoms with E-state index >= 15 is 0 Å². The molecule has 4 amide bonds. The highest BCUT2D eigenvalue weighted by Gasteiger charge is 2.37. The van der Waals surface area contributed by atoms with Crippen LogP contribution in [-0.4, -0.2) is 74.7 Å². The number of para-hydroxylation sites is 1. The van der Waals surface area contributed by atoms with Gasteiger partial charge in [0, 0.05) is 49.2 Å². The minimum atomic E-state index is -0.837. The van der Waals surface area contributed by atoms with Crippen LogP contribution in [0.3, 0.4) is 0 Å². The number of esters is 1. The molecule has 0 bridgehead atoms. The first-order chi connectivity index (χ1) is 21.3. The summed E-state index contributed by atoms with van der Waals surface area (Å²) in [6.07, 6.45) is 12.9. The molecule has 3 N–H and O–H groups in total. The first-order valence-electron chi connectivity index (χ1n) is 15.7. The molecule has 11 heteroatoms. The van der Waals surface area contributed by atoms with E-state index in [1.54, 1.807) is 11.1 Å². The number of piperidine rings is 1. The Morgan fingerprint density at radius 2 is 1.95 bits per heavy atom. The van der Waals surface area contributed by atoms with E-state index in [-0.39, 0.29) is 18.1 Å². The van der Waals surface area contributed by atoms with Gasteiger partial charge < -0.3 is 25.2 Å². The molecular weight excluding hydrogens is 580 g/mol. The molecule has 1 aromatic heterocycles. The van der Waals surface area contributed by atoms with Gasteiger partial charge in [-0.15, -0.1) is 11.6 Å². The van der Waals surface area contributed by atoms with Crippen molar-refractivity contribution >= 4 is 47.0 Å². The quantitative estimate of drug-likeness (QED) is 0.257. The molecule has 1 saturated heterocycles. The molecule has 4 aliphatic rings. The number of ether oxygens (including phenoxy) is 1. The highest BCUT2D eigenvalue weighted by molar-refractivity contribution is 6.23. The summed E-state index contributed by atoms with van der Waals surface area (Å²) >= 11 is 6.21. The van der Waals surface area contributed by atoms with Gasteiger partial charge in [0.1, 0.15) is 11.6 Å². The van der Waals surface area contributed by atoms with E-state index in [9.17, 15) is 14.4 Å². The van der Waals surface area contributed by atoms with Crippen molar-refractivity contribution in [2.45, 2.75) is 88.9 Å². The number of hydrogen-bond acceptors (Lipinski definition) is 5. The van der Waals surface area contributed by atoms with Crippen LogP contribution in [-0.2, 0) is 16.1 Å². The number of urea groups is 2. The number of nitrogens with one attached hydrogen (secondary N) is 3. The van der Waals surface area contributed by atoms with Crippen LogP contribution in [0.4, 0.5) is 15.3 Å². The zero-order chi connectivity index (χ0) is 30.7. The maximum absolute atomic E-state index is 13.7. The third-order valence-electron chi connectivity index (χ3n) is 9.46. The normalized spacial score (nSPS) is 20.7. The van der Waals surface area contributed by atoms with Crippen LogP contribution < -0.4 is 10.6 Å². The van der Waals surface area contributed by atoms with E-state index in [0.717, 1.165) is 65.8 Å². The van der Waals surface area contributed by atoms with E-state index in [1.165, 1.54) is 0 Å². The predicted molar refractivity (Wildman–Crippen MR) is 170 cm³/mol. The minimum Gasteiger partial charge on any atom is -0.458 e. The minimum absolute atomic E-state index is 0.0302. The lowest BCUT2D eigenvalue weighted by Crippen LogP contribution is -2.55. The van der Waals surface area contributed by atoms with Crippen molar-refractivity contribution in [1.82, 2.24) is 25.3 Å². The fraction of sp³-hybridized carbons (Fsp3) is 0.515. The summed E-state index contributed by atoms with van der Waals surface area (Å²) in [6, 6.07) is 6.64. The number of aromatic amines is 1. The molecule has 2 aliphatic heterocycles. The van der Waals surface area contributed by atoms with Crippen molar-refractivity contribution in [2.24, 2.45) is 0 Å². The number of alkyl halides is 1. The second-order valence-corrected chi connectivity index (χ2v) is 12.9. The number of halogens is 1. The van der Waals surface area contributed by atoms with Gasteiger partial charge in [-0.05, 0) is 69.1 Å². The summed E-state index contributed by atoms with van der Waals surface area (Å²) in [7, 11) is 0.